The van der Waals surface area contributed by atoms with Gasteiger partial charge in [-0.3, -0.25) is 9.59 Å². The number of hydrogen-bond donors (Lipinski definition) is 0. The second-order valence-electron chi connectivity index (χ2n) is 11.4. The van der Waals surface area contributed by atoms with Crippen molar-refractivity contribution in [3.63, 3.8) is 0 Å². The summed E-state index contributed by atoms with van der Waals surface area (Å²) >= 11 is 6.19. The lowest BCUT2D eigenvalue weighted by Gasteiger charge is -2.37. The quantitative estimate of drug-likeness (QED) is 0.351. The first-order chi connectivity index (χ1) is 19.5. The van der Waals surface area contributed by atoms with Gasteiger partial charge in [0.1, 0.15) is 17.5 Å². The molecule has 5 rings (SSSR count). The number of carbonyl (C=O) groups excluding carboxylic acids is 2. The van der Waals surface area contributed by atoms with Gasteiger partial charge >= 0.3 is 0 Å². The van der Waals surface area contributed by atoms with Gasteiger partial charge in [-0.2, -0.15) is 0 Å². The summed E-state index contributed by atoms with van der Waals surface area (Å²) in [5, 5.41) is -0.164. The molecule has 2 aliphatic rings. The largest absolute Gasteiger partial charge is 0.356 e. The molecular weight excluding hydrogens is 541 g/mol. The average Bonchev–Trinajstić information content (AvgIpc) is 3.36. The van der Waals surface area contributed by atoms with Crippen LogP contribution in [-0.2, 0) is 6.42 Å². The molecule has 216 valence electrons. The van der Waals surface area contributed by atoms with Gasteiger partial charge in [-0.25, -0.2) is 14.4 Å². The van der Waals surface area contributed by atoms with E-state index in [0.29, 0.717) is 5.56 Å². The first kappa shape index (κ1) is 29.0. The Bertz CT molecular complexity index is 1450. The maximum Gasteiger partial charge on any atom is 0.256 e. The highest BCUT2D eigenvalue weighted by Crippen LogP contribution is 2.39. The van der Waals surface area contributed by atoms with Crippen molar-refractivity contribution in [1.82, 2.24) is 19.8 Å². The highest BCUT2D eigenvalue weighted by Gasteiger charge is 2.35. The molecule has 1 fully saturated rings. The molecule has 1 aliphatic carbocycles. The van der Waals surface area contributed by atoms with E-state index in [1.54, 1.807) is 11.0 Å². The van der Waals surface area contributed by atoms with E-state index in [2.05, 4.69) is 14.9 Å². The van der Waals surface area contributed by atoms with Gasteiger partial charge in [-0.1, -0.05) is 23.7 Å². The van der Waals surface area contributed by atoms with E-state index < -0.39 is 5.82 Å². The minimum absolute atomic E-state index is 0.0266. The summed E-state index contributed by atoms with van der Waals surface area (Å²) in [6, 6.07) is 11.9. The number of aromatic nitrogens is 2. The molecule has 2 aromatic carbocycles. The van der Waals surface area contributed by atoms with E-state index in [4.69, 9.17) is 11.6 Å². The monoisotopic (exact) mass is 577 g/mol. The molecule has 1 aliphatic heterocycles. The van der Waals surface area contributed by atoms with E-state index in [9.17, 15) is 14.0 Å². The Balaban J connectivity index is 1.32. The van der Waals surface area contributed by atoms with Crippen LogP contribution in [0.2, 0.25) is 5.02 Å². The standard InChI is InChI=1S/C32H37ClFN5O2/c1-19(2)39(32(41)25-7-6-8-27(34)30(25)33)28-12-11-22-9-10-23(18-26(22)28)31(40)37(5)24-13-15-38(16-14-24)29-17-20(3)35-21(4)36-29/h6-10,17-19,24,28H,11-16H2,1-5H3/t28-/m1/s1. The van der Waals surface area contributed by atoms with Crippen molar-refractivity contribution in [3.05, 3.63) is 87.1 Å². The molecule has 0 saturated carbocycles. The van der Waals surface area contributed by atoms with Gasteiger partial charge in [-0.15, -0.1) is 0 Å². The van der Waals surface area contributed by atoms with Crippen molar-refractivity contribution in [1.29, 1.82) is 0 Å². The number of halogens is 2. The number of hydrogen-bond acceptors (Lipinski definition) is 5. The maximum atomic E-state index is 14.2. The number of benzene rings is 2. The van der Waals surface area contributed by atoms with Crippen LogP contribution < -0.4 is 4.90 Å². The highest BCUT2D eigenvalue weighted by atomic mass is 35.5. The first-order valence-corrected chi connectivity index (χ1v) is 14.7. The zero-order chi connectivity index (χ0) is 29.4. The summed E-state index contributed by atoms with van der Waals surface area (Å²) in [5.74, 6) is 0.757. The fraction of sp³-hybridized carbons (Fsp3) is 0.438. The zero-order valence-corrected chi connectivity index (χ0v) is 25.1. The Hall–Kier alpha value is -3.52. The van der Waals surface area contributed by atoms with Crippen molar-refractivity contribution in [2.24, 2.45) is 0 Å². The molecule has 0 unspecified atom stereocenters. The van der Waals surface area contributed by atoms with E-state index in [-0.39, 0.29) is 40.5 Å². The van der Waals surface area contributed by atoms with Crippen LogP contribution in [0.3, 0.4) is 0 Å². The molecule has 7 nitrogen and oxygen atoms in total. The third-order valence-electron chi connectivity index (χ3n) is 8.36. The molecule has 2 amide bonds. The van der Waals surface area contributed by atoms with Crippen LogP contribution in [0.5, 0.6) is 0 Å². The number of rotatable bonds is 6. The zero-order valence-electron chi connectivity index (χ0n) is 24.3. The van der Waals surface area contributed by atoms with E-state index in [0.717, 1.165) is 67.2 Å². The number of piperidine rings is 1. The predicted molar refractivity (Wildman–Crippen MR) is 159 cm³/mol. The second kappa shape index (κ2) is 11.8. The Morgan fingerprint density at radius 1 is 1.02 bits per heavy atom. The van der Waals surface area contributed by atoms with Crippen LogP contribution in [0.4, 0.5) is 10.2 Å². The molecular formula is C32H37ClFN5O2. The summed E-state index contributed by atoms with van der Waals surface area (Å²) in [4.78, 5) is 42.2. The molecule has 0 spiro atoms. The number of aryl methyl sites for hydroxylation is 3. The van der Waals surface area contributed by atoms with Gasteiger partial charge in [0.15, 0.2) is 0 Å². The van der Waals surface area contributed by atoms with Crippen LogP contribution in [0, 0.1) is 19.7 Å². The number of carbonyl (C=O) groups is 2. The third kappa shape index (κ3) is 5.80. The van der Waals surface area contributed by atoms with Gasteiger partial charge in [0.2, 0.25) is 0 Å². The third-order valence-corrected chi connectivity index (χ3v) is 8.74. The van der Waals surface area contributed by atoms with E-state index >= 15 is 0 Å². The van der Waals surface area contributed by atoms with E-state index in [1.807, 2.05) is 63.9 Å². The molecule has 0 bridgehead atoms. The van der Waals surface area contributed by atoms with Crippen LogP contribution in [0.1, 0.15) is 82.5 Å². The number of amides is 2. The summed E-state index contributed by atoms with van der Waals surface area (Å²) in [7, 11) is 1.88. The summed E-state index contributed by atoms with van der Waals surface area (Å²) in [5.41, 5.74) is 3.82. The van der Waals surface area contributed by atoms with Gasteiger partial charge in [0.05, 0.1) is 16.6 Å². The molecule has 1 atom stereocenters. The number of fused-ring (bicyclic) bond motifs is 1. The van der Waals surface area contributed by atoms with Crippen molar-refractivity contribution in [2.45, 2.75) is 71.5 Å². The second-order valence-corrected chi connectivity index (χ2v) is 11.8. The minimum Gasteiger partial charge on any atom is -0.356 e. The lowest BCUT2D eigenvalue weighted by molar-refractivity contribution is 0.0605. The Kier molecular flexibility index (Phi) is 8.32. The topological polar surface area (TPSA) is 69.6 Å². The normalized spacial score (nSPS) is 17.1. The molecule has 0 N–H and O–H groups in total. The summed E-state index contributed by atoms with van der Waals surface area (Å²) in [6.45, 7) is 9.41. The molecule has 3 aromatic rings. The molecule has 1 saturated heterocycles. The molecule has 1 aromatic heterocycles. The van der Waals surface area contributed by atoms with Crippen molar-refractivity contribution >= 4 is 29.2 Å². The SMILES string of the molecule is Cc1cc(N2CCC(N(C)C(=O)c3ccc4c(c3)[C@H](N(C(=O)c3cccc(F)c3Cl)C(C)C)CC4)CC2)nc(C)n1. The Labute approximate surface area is 246 Å². The summed E-state index contributed by atoms with van der Waals surface area (Å²) in [6.07, 6.45) is 3.24. The Morgan fingerprint density at radius 3 is 2.44 bits per heavy atom. The Morgan fingerprint density at radius 2 is 1.76 bits per heavy atom. The fourth-order valence-electron chi connectivity index (χ4n) is 6.26. The van der Waals surface area contributed by atoms with Crippen molar-refractivity contribution in [2.75, 3.05) is 25.0 Å². The van der Waals surface area contributed by atoms with Crippen LogP contribution in [-0.4, -0.2) is 63.8 Å². The lowest BCUT2D eigenvalue weighted by atomic mass is 9.99. The molecule has 0 radical (unpaired) electrons. The molecule has 9 heteroatoms. The lowest BCUT2D eigenvalue weighted by Crippen LogP contribution is -2.46. The predicted octanol–water partition coefficient (Wildman–Crippen LogP) is 6.17. The van der Waals surface area contributed by atoms with Crippen LogP contribution in [0.25, 0.3) is 0 Å². The van der Waals surface area contributed by atoms with Crippen molar-refractivity contribution < 1.29 is 14.0 Å². The smallest absolute Gasteiger partial charge is 0.256 e. The maximum absolute atomic E-state index is 14.2. The van der Waals surface area contributed by atoms with Crippen molar-refractivity contribution in [3.8, 4) is 0 Å². The molecule has 41 heavy (non-hydrogen) atoms. The summed E-state index contributed by atoms with van der Waals surface area (Å²) < 4.78 is 14.2. The highest BCUT2D eigenvalue weighted by molar-refractivity contribution is 6.34. The molecule has 2 heterocycles. The van der Waals surface area contributed by atoms with Gasteiger partial charge in [-0.05, 0) is 88.8 Å². The fourth-order valence-corrected chi connectivity index (χ4v) is 6.46. The van der Waals surface area contributed by atoms with E-state index in [1.165, 1.54) is 12.1 Å². The first-order valence-electron chi connectivity index (χ1n) is 14.3. The van der Waals surface area contributed by atoms with Gasteiger partial charge < -0.3 is 14.7 Å². The van der Waals surface area contributed by atoms with Gasteiger partial charge in [0, 0.05) is 49.5 Å². The van der Waals surface area contributed by atoms with Crippen LogP contribution in [0.15, 0.2) is 42.5 Å². The minimum atomic E-state index is -0.614. The van der Waals surface area contributed by atoms with Gasteiger partial charge in [0.25, 0.3) is 11.8 Å². The van der Waals surface area contributed by atoms with Crippen LogP contribution >= 0.6 is 11.6 Å². The average molecular weight is 578 g/mol. The number of anilines is 1. The number of nitrogens with zero attached hydrogens (tertiary/aromatic N) is 5.